The number of guanidine groups is 1. The molecule has 0 aliphatic carbocycles. The lowest BCUT2D eigenvalue weighted by Gasteiger charge is -2.36. The highest BCUT2D eigenvalue weighted by Gasteiger charge is 2.19. The molecule has 0 spiro atoms. The van der Waals surface area contributed by atoms with Gasteiger partial charge in [0.2, 0.25) is 0 Å². The Labute approximate surface area is 180 Å². The van der Waals surface area contributed by atoms with Gasteiger partial charge in [-0.05, 0) is 5.56 Å². The summed E-state index contributed by atoms with van der Waals surface area (Å²) in [5, 5.41) is 3.28. The summed E-state index contributed by atoms with van der Waals surface area (Å²) in [5.41, 5.74) is 1.34. The molecule has 27 heavy (non-hydrogen) atoms. The van der Waals surface area contributed by atoms with E-state index in [4.69, 9.17) is 4.74 Å². The molecule has 0 radical (unpaired) electrons. The van der Waals surface area contributed by atoms with Crippen LogP contribution in [0.1, 0.15) is 5.56 Å². The average Bonchev–Trinajstić information content (AvgIpc) is 2.62. The number of piperazine rings is 1. The van der Waals surface area contributed by atoms with Crippen molar-refractivity contribution in [1.29, 1.82) is 0 Å². The van der Waals surface area contributed by atoms with Crippen LogP contribution >= 0.6 is 24.0 Å². The number of benzene rings is 1. The predicted molar refractivity (Wildman–Crippen MR) is 121 cm³/mol. The summed E-state index contributed by atoms with van der Waals surface area (Å²) in [7, 11) is -1.18. The van der Waals surface area contributed by atoms with Crippen molar-refractivity contribution in [1.82, 2.24) is 15.1 Å². The molecule has 0 saturated carbocycles. The van der Waals surface area contributed by atoms with E-state index in [0.29, 0.717) is 13.2 Å². The van der Waals surface area contributed by atoms with Crippen LogP contribution in [0.2, 0.25) is 0 Å². The largest absolute Gasteiger partial charge is 0.379 e. The Hall–Kier alpha value is -0.910. The smallest absolute Gasteiger partial charge is 0.193 e. The fraction of sp³-hybridized carbons (Fsp3) is 0.611. The van der Waals surface area contributed by atoms with Gasteiger partial charge < -0.3 is 15.0 Å². The van der Waals surface area contributed by atoms with E-state index in [1.165, 1.54) is 11.8 Å². The normalized spacial score (nSPS) is 16.1. The lowest BCUT2D eigenvalue weighted by molar-refractivity contribution is 0.150. The monoisotopic (exact) mass is 510 g/mol. The van der Waals surface area contributed by atoms with Crippen LogP contribution in [-0.4, -0.2) is 89.2 Å². The van der Waals surface area contributed by atoms with Crippen LogP contribution in [0.4, 0.5) is 0 Å². The summed E-state index contributed by atoms with van der Waals surface area (Å²) >= 11 is 0. The number of rotatable bonds is 8. The van der Waals surface area contributed by atoms with Gasteiger partial charge >= 0.3 is 0 Å². The minimum absolute atomic E-state index is 0. The molecule has 7 nitrogen and oxygen atoms in total. The van der Waals surface area contributed by atoms with E-state index in [-0.39, 0.29) is 36.3 Å². The Morgan fingerprint density at radius 1 is 1.15 bits per heavy atom. The highest BCUT2D eigenvalue weighted by molar-refractivity contribution is 14.0. The number of hydrogen-bond donors (Lipinski definition) is 1. The van der Waals surface area contributed by atoms with E-state index >= 15 is 0 Å². The Kier molecular flexibility index (Phi) is 11.2. The highest BCUT2D eigenvalue weighted by atomic mass is 127. The maximum atomic E-state index is 11.0. The Morgan fingerprint density at radius 3 is 2.41 bits per heavy atom. The van der Waals surface area contributed by atoms with Crippen LogP contribution < -0.4 is 5.32 Å². The molecular weight excluding hydrogens is 479 g/mol. The topological polar surface area (TPSA) is 74.2 Å². The van der Waals surface area contributed by atoms with Crippen molar-refractivity contribution in [2.24, 2.45) is 4.99 Å². The minimum Gasteiger partial charge on any atom is -0.379 e. The first-order chi connectivity index (χ1) is 12.5. The lowest BCUT2D eigenvalue weighted by Crippen LogP contribution is -2.52. The molecule has 1 aromatic rings. The van der Waals surface area contributed by atoms with E-state index in [1.807, 2.05) is 6.07 Å². The van der Waals surface area contributed by atoms with Gasteiger partial charge in [0.25, 0.3) is 0 Å². The van der Waals surface area contributed by atoms with Crippen LogP contribution in [0.3, 0.4) is 0 Å². The van der Waals surface area contributed by atoms with Gasteiger partial charge in [-0.25, -0.2) is 8.42 Å². The van der Waals surface area contributed by atoms with Crippen LogP contribution in [0.25, 0.3) is 0 Å². The predicted octanol–water partition coefficient (Wildman–Crippen LogP) is 1.06. The number of hydrogen-bond acceptors (Lipinski definition) is 5. The molecule has 1 saturated heterocycles. The molecule has 1 aliphatic rings. The quantitative estimate of drug-likeness (QED) is 0.244. The number of sulfone groups is 1. The molecule has 9 heteroatoms. The van der Waals surface area contributed by atoms with Crippen molar-refractivity contribution in [2.75, 3.05) is 65.0 Å². The van der Waals surface area contributed by atoms with Gasteiger partial charge in [-0.2, -0.15) is 0 Å². The Balaban J connectivity index is 0.00000364. The summed E-state index contributed by atoms with van der Waals surface area (Å²) < 4.78 is 27.4. The summed E-state index contributed by atoms with van der Waals surface area (Å²) in [4.78, 5) is 9.04. The summed E-state index contributed by atoms with van der Waals surface area (Å²) in [6.45, 7) is 6.15. The number of ether oxygens (including phenoxy) is 1. The number of halogens is 1. The zero-order valence-corrected chi connectivity index (χ0v) is 19.3. The molecule has 0 unspecified atom stereocenters. The Bertz CT molecular complexity index is 662. The minimum atomic E-state index is -2.96. The standard InChI is InChI=1S/C18H30N4O3S.HI/c1-19-18(20-8-13-25-14-15-26(2,23)24)22-11-9-21(10-12-22)16-17-6-4-3-5-7-17;/h3-7H,8-16H2,1-2H3,(H,19,20);1H. The van der Waals surface area contributed by atoms with Gasteiger partial charge in [0, 0.05) is 52.6 Å². The van der Waals surface area contributed by atoms with E-state index < -0.39 is 9.84 Å². The van der Waals surface area contributed by atoms with E-state index in [2.05, 4.69) is 44.4 Å². The molecule has 154 valence electrons. The van der Waals surface area contributed by atoms with E-state index in [1.54, 1.807) is 7.05 Å². The molecular formula is C18H31IN4O3S. The van der Waals surface area contributed by atoms with Crippen LogP contribution in [-0.2, 0) is 21.1 Å². The van der Waals surface area contributed by atoms with Crippen molar-refractivity contribution in [2.45, 2.75) is 6.54 Å². The molecule has 1 heterocycles. The van der Waals surface area contributed by atoms with Crippen LogP contribution in [0.15, 0.2) is 35.3 Å². The maximum Gasteiger partial charge on any atom is 0.193 e. The molecule has 1 fully saturated rings. The summed E-state index contributed by atoms with van der Waals surface area (Å²) in [5.74, 6) is 0.932. The zero-order valence-electron chi connectivity index (χ0n) is 16.1. The van der Waals surface area contributed by atoms with Crippen molar-refractivity contribution >= 4 is 39.8 Å². The van der Waals surface area contributed by atoms with Crippen molar-refractivity contribution in [3.8, 4) is 0 Å². The molecule has 1 N–H and O–H groups in total. The first kappa shape index (κ1) is 24.1. The summed E-state index contributed by atoms with van der Waals surface area (Å²) in [6, 6.07) is 10.5. The third kappa shape index (κ3) is 9.72. The molecule has 0 aromatic heterocycles. The Morgan fingerprint density at radius 2 is 1.81 bits per heavy atom. The number of nitrogens with zero attached hydrogens (tertiary/aromatic N) is 3. The average molecular weight is 510 g/mol. The fourth-order valence-electron chi connectivity index (χ4n) is 2.84. The highest BCUT2D eigenvalue weighted by Crippen LogP contribution is 2.08. The SMILES string of the molecule is CN=C(NCCOCCS(C)(=O)=O)N1CCN(Cc2ccccc2)CC1.I. The molecule has 0 bridgehead atoms. The van der Waals surface area contributed by atoms with Crippen molar-refractivity contribution in [3.05, 3.63) is 35.9 Å². The molecule has 0 amide bonds. The van der Waals surface area contributed by atoms with Gasteiger partial charge in [-0.3, -0.25) is 9.89 Å². The third-order valence-corrected chi connectivity index (χ3v) is 5.17. The van der Waals surface area contributed by atoms with E-state index in [9.17, 15) is 8.42 Å². The summed E-state index contributed by atoms with van der Waals surface area (Å²) in [6.07, 6.45) is 1.22. The van der Waals surface area contributed by atoms with Crippen LogP contribution in [0, 0.1) is 0 Å². The third-order valence-electron chi connectivity index (χ3n) is 4.26. The second-order valence-corrected chi connectivity index (χ2v) is 8.72. The molecule has 0 atom stereocenters. The van der Waals surface area contributed by atoms with Gasteiger partial charge in [0.15, 0.2) is 5.96 Å². The number of aliphatic imine (C=N–C) groups is 1. The fourth-order valence-corrected chi connectivity index (χ4v) is 3.26. The van der Waals surface area contributed by atoms with Gasteiger partial charge in [-0.15, -0.1) is 24.0 Å². The second kappa shape index (κ2) is 12.5. The van der Waals surface area contributed by atoms with E-state index in [0.717, 1.165) is 38.7 Å². The maximum absolute atomic E-state index is 11.0. The van der Waals surface area contributed by atoms with Gasteiger partial charge in [0.05, 0.1) is 19.0 Å². The first-order valence-corrected chi connectivity index (χ1v) is 11.0. The molecule has 2 rings (SSSR count). The van der Waals surface area contributed by atoms with Crippen molar-refractivity contribution in [3.63, 3.8) is 0 Å². The van der Waals surface area contributed by atoms with Gasteiger partial charge in [0.1, 0.15) is 9.84 Å². The molecule has 1 aromatic carbocycles. The lowest BCUT2D eigenvalue weighted by atomic mass is 10.2. The second-order valence-electron chi connectivity index (χ2n) is 6.47. The first-order valence-electron chi connectivity index (χ1n) is 8.95. The van der Waals surface area contributed by atoms with Crippen LogP contribution in [0.5, 0.6) is 0 Å². The zero-order chi connectivity index (χ0) is 18.8. The van der Waals surface area contributed by atoms with Crippen molar-refractivity contribution < 1.29 is 13.2 Å². The van der Waals surface area contributed by atoms with Gasteiger partial charge in [-0.1, -0.05) is 30.3 Å². The molecule has 1 aliphatic heterocycles. The number of nitrogens with one attached hydrogen (secondary N) is 1.